The molecule has 1 aromatic rings. The second kappa shape index (κ2) is 7.63. The third-order valence-corrected chi connectivity index (χ3v) is 3.86. The summed E-state index contributed by atoms with van der Waals surface area (Å²) in [4.78, 5) is 1.32. The van der Waals surface area contributed by atoms with Crippen LogP contribution in [-0.4, -0.2) is 25.6 Å². The molecule has 86 valence electrons. The van der Waals surface area contributed by atoms with E-state index in [1.165, 1.54) is 8.66 Å². The molecule has 0 spiro atoms. The van der Waals surface area contributed by atoms with Gasteiger partial charge >= 0.3 is 0 Å². The average Bonchev–Trinajstić information content (AvgIpc) is 2.61. The lowest BCUT2D eigenvalue weighted by Gasteiger charge is -2.15. The van der Waals surface area contributed by atoms with Gasteiger partial charge in [-0.15, -0.1) is 22.9 Å². The minimum absolute atomic E-state index is 0.341. The van der Waals surface area contributed by atoms with Gasteiger partial charge in [0.2, 0.25) is 0 Å². The van der Waals surface area contributed by atoms with Crippen LogP contribution in [0.3, 0.4) is 0 Å². The first-order valence-corrected chi connectivity index (χ1v) is 6.93. The number of rotatable bonds is 7. The van der Waals surface area contributed by atoms with Gasteiger partial charge in [0.1, 0.15) is 0 Å². The molecular weight excluding hydrogens is 298 g/mol. The maximum atomic E-state index is 5.72. The van der Waals surface area contributed by atoms with E-state index >= 15 is 0 Å². The van der Waals surface area contributed by atoms with Gasteiger partial charge in [-0.3, -0.25) is 0 Å². The number of nitrogens with one attached hydrogen (secondary N) is 1. The van der Waals surface area contributed by atoms with Crippen LogP contribution in [0.1, 0.15) is 11.3 Å². The summed E-state index contributed by atoms with van der Waals surface area (Å²) in [6, 6.07) is 4.52. The van der Waals surface area contributed by atoms with Crippen LogP contribution < -0.4 is 5.32 Å². The monoisotopic (exact) mass is 311 g/mol. The molecule has 2 nitrogen and oxygen atoms in total. The number of ether oxygens (including phenoxy) is 1. The standard InChI is InChI=1S/C10H15BrClNOS/c1-14-7-8(4-5-12)13-6-9-2-3-10(11)15-9/h2-3,8,13H,4-7H2,1H3. The fourth-order valence-electron chi connectivity index (χ4n) is 1.27. The van der Waals surface area contributed by atoms with Gasteiger partial charge in [-0.25, -0.2) is 0 Å². The average molecular weight is 313 g/mol. The third-order valence-electron chi connectivity index (χ3n) is 2.02. The van der Waals surface area contributed by atoms with Crippen molar-refractivity contribution >= 4 is 38.9 Å². The van der Waals surface area contributed by atoms with Gasteiger partial charge in [0.25, 0.3) is 0 Å². The van der Waals surface area contributed by atoms with Gasteiger partial charge in [0.05, 0.1) is 10.4 Å². The Labute approximate surface area is 108 Å². The van der Waals surface area contributed by atoms with Crippen LogP contribution in [0.25, 0.3) is 0 Å². The number of thiophene rings is 1. The summed E-state index contributed by atoms with van der Waals surface area (Å²) in [7, 11) is 1.71. The van der Waals surface area contributed by atoms with E-state index in [9.17, 15) is 0 Å². The molecule has 15 heavy (non-hydrogen) atoms. The number of methoxy groups -OCH3 is 1. The van der Waals surface area contributed by atoms with E-state index in [-0.39, 0.29) is 0 Å². The highest BCUT2D eigenvalue weighted by Gasteiger charge is 2.07. The molecule has 0 fully saturated rings. The summed E-state index contributed by atoms with van der Waals surface area (Å²) in [5.41, 5.74) is 0. The molecule has 1 heterocycles. The molecule has 0 bridgehead atoms. The Bertz CT molecular complexity index is 276. The summed E-state index contributed by atoms with van der Waals surface area (Å²) in [5.74, 6) is 0.662. The van der Waals surface area contributed by atoms with Crippen LogP contribution in [-0.2, 0) is 11.3 Å². The zero-order valence-electron chi connectivity index (χ0n) is 8.63. The second-order valence-corrected chi connectivity index (χ2v) is 6.14. The minimum atomic E-state index is 0.341. The van der Waals surface area contributed by atoms with Crippen molar-refractivity contribution in [2.45, 2.75) is 19.0 Å². The molecule has 0 saturated heterocycles. The Morgan fingerprint density at radius 3 is 2.93 bits per heavy atom. The Morgan fingerprint density at radius 1 is 1.60 bits per heavy atom. The fraction of sp³-hybridized carbons (Fsp3) is 0.600. The predicted molar refractivity (Wildman–Crippen MR) is 69.9 cm³/mol. The molecule has 0 radical (unpaired) electrons. The first kappa shape index (κ1) is 13.5. The Kier molecular flexibility index (Phi) is 6.84. The number of halogens is 2. The van der Waals surface area contributed by atoms with E-state index in [4.69, 9.17) is 16.3 Å². The fourth-order valence-corrected chi connectivity index (χ4v) is 2.97. The largest absolute Gasteiger partial charge is 0.383 e. The molecule has 1 unspecified atom stereocenters. The predicted octanol–water partition coefficient (Wildman–Crippen LogP) is 3.24. The number of hydrogen-bond acceptors (Lipinski definition) is 3. The van der Waals surface area contributed by atoms with Crippen molar-refractivity contribution in [1.82, 2.24) is 5.32 Å². The Morgan fingerprint density at radius 2 is 2.40 bits per heavy atom. The lowest BCUT2D eigenvalue weighted by molar-refractivity contribution is 0.164. The molecule has 1 atom stereocenters. The summed E-state index contributed by atoms with van der Waals surface area (Å²) >= 11 is 10.9. The van der Waals surface area contributed by atoms with Crippen LogP contribution >= 0.6 is 38.9 Å². The summed E-state index contributed by atoms with van der Waals surface area (Å²) < 4.78 is 6.29. The smallest absolute Gasteiger partial charge is 0.0701 e. The van der Waals surface area contributed by atoms with Crippen molar-refractivity contribution in [1.29, 1.82) is 0 Å². The van der Waals surface area contributed by atoms with Gasteiger partial charge in [-0.1, -0.05) is 0 Å². The summed E-state index contributed by atoms with van der Waals surface area (Å²) in [6.07, 6.45) is 0.932. The van der Waals surface area contributed by atoms with E-state index in [1.54, 1.807) is 18.4 Å². The number of alkyl halides is 1. The molecule has 0 amide bonds. The first-order chi connectivity index (χ1) is 7.26. The van der Waals surface area contributed by atoms with Crippen molar-refractivity contribution in [2.75, 3.05) is 19.6 Å². The topological polar surface area (TPSA) is 21.3 Å². The molecule has 0 aliphatic heterocycles. The lowest BCUT2D eigenvalue weighted by atomic mass is 10.2. The van der Waals surface area contributed by atoms with Gasteiger partial charge in [0.15, 0.2) is 0 Å². The van der Waals surface area contributed by atoms with Crippen LogP contribution in [0.5, 0.6) is 0 Å². The zero-order chi connectivity index (χ0) is 11.1. The van der Waals surface area contributed by atoms with E-state index in [2.05, 4.69) is 33.4 Å². The molecule has 0 aromatic carbocycles. The van der Waals surface area contributed by atoms with Crippen molar-refractivity contribution in [3.63, 3.8) is 0 Å². The summed E-state index contributed by atoms with van der Waals surface area (Å²) in [6.45, 7) is 1.58. The van der Waals surface area contributed by atoms with Crippen LogP contribution in [0.4, 0.5) is 0 Å². The highest BCUT2D eigenvalue weighted by atomic mass is 79.9. The van der Waals surface area contributed by atoms with Gasteiger partial charge in [-0.05, 0) is 34.5 Å². The molecule has 5 heteroatoms. The number of hydrogen-bond donors (Lipinski definition) is 1. The molecule has 0 aliphatic rings. The van der Waals surface area contributed by atoms with E-state index in [1.807, 2.05) is 0 Å². The SMILES string of the molecule is COCC(CCCl)NCc1ccc(Br)s1. The highest BCUT2D eigenvalue weighted by molar-refractivity contribution is 9.11. The summed E-state index contributed by atoms with van der Waals surface area (Å²) in [5, 5.41) is 3.43. The van der Waals surface area contributed by atoms with Crippen LogP contribution in [0.15, 0.2) is 15.9 Å². The van der Waals surface area contributed by atoms with E-state index in [0.29, 0.717) is 18.5 Å². The van der Waals surface area contributed by atoms with E-state index in [0.717, 1.165) is 13.0 Å². The molecule has 1 N–H and O–H groups in total. The van der Waals surface area contributed by atoms with Crippen LogP contribution in [0, 0.1) is 0 Å². The van der Waals surface area contributed by atoms with Crippen molar-refractivity contribution in [2.24, 2.45) is 0 Å². The van der Waals surface area contributed by atoms with Gasteiger partial charge in [-0.2, -0.15) is 0 Å². The normalized spacial score (nSPS) is 13.0. The van der Waals surface area contributed by atoms with Crippen molar-refractivity contribution in [3.05, 3.63) is 20.8 Å². The zero-order valence-corrected chi connectivity index (χ0v) is 11.8. The highest BCUT2D eigenvalue weighted by Crippen LogP contribution is 2.21. The Hall–Kier alpha value is 0.390. The molecule has 1 aromatic heterocycles. The lowest BCUT2D eigenvalue weighted by Crippen LogP contribution is -2.32. The molecular formula is C10H15BrClNOS. The van der Waals surface area contributed by atoms with Gasteiger partial charge < -0.3 is 10.1 Å². The maximum absolute atomic E-state index is 5.72. The second-order valence-electron chi connectivity index (χ2n) is 3.22. The molecule has 0 aliphatic carbocycles. The third kappa shape index (κ3) is 5.31. The Balaban J connectivity index is 2.32. The first-order valence-electron chi connectivity index (χ1n) is 4.78. The molecule has 1 rings (SSSR count). The van der Waals surface area contributed by atoms with E-state index < -0.39 is 0 Å². The van der Waals surface area contributed by atoms with Crippen molar-refractivity contribution < 1.29 is 4.74 Å². The minimum Gasteiger partial charge on any atom is -0.383 e. The van der Waals surface area contributed by atoms with Gasteiger partial charge in [0, 0.05) is 30.5 Å². The molecule has 0 saturated carbocycles. The van der Waals surface area contributed by atoms with Crippen molar-refractivity contribution in [3.8, 4) is 0 Å². The quantitative estimate of drug-likeness (QED) is 0.780. The maximum Gasteiger partial charge on any atom is 0.0701 e. The van der Waals surface area contributed by atoms with Crippen LogP contribution in [0.2, 0.25) is 0 Å².